The highest BCUT2D eigenvalue weighted by atomic mass is 35.5. The molecular formula is C21H26ClN5O. The third-order valence-electron chi connectivity index (χ3n) is 5.49. The zero-order chi connectivity index (χ0) is 19.5. The summed E-state index contributed by atoms with van der Waals surface area (Å²) in [5.74, 6) is 2.78. The first-order chi connectivity index (χ1) is 13.6. The van der Waals surface area contributed by atoms with Crippen molar-refractivity contribution in [2.24, 2.45) is 0 Å². The maximum absolute atomic E-state index is 12.8. The summed E-state index contributed by atoms with van der Waals surface area (Å²) in [5.41, 5.74) is 0.572. The van der Waals surface area contributed by atoms with Gasteiger partial charge in [0.05, 0.1) is 10.6 Å². The van der Waals surface area contributed by atoms with Gasteiger partial charge in [-0.2, -0.15) is 0 Å². The summed E-state index contributed by atoms with van der Waals surface area (Å²) in [7, 11) is 0. The van der Waals surface area contributed by atoms with E-state index in [1.54, 1.807) is 12.1 Å². The average molecular weight is 400 g/mol. The number of carbonyl (C=O) groups excluding carboxylic acids is 1. The van der Waals surface area contributed by atoms with E-state index in [0.29, 0.717) is 23.7 Å². The molecule has 28 heavy (non-hydrogen) atoms. The van der Waals surface area contributed by atoms with Crippen LogP contribution >= 0.6 is 11.6 Å². The molecular weight excluding hydrogens is 374 g/mol. The average Bonchev–Trinajstić information content (AvgIpc) is 2.74. The molecule has 7 heteroatoms. The number of hydrogen-bond donors (Lipinski definition) is 0. The number of aryl methyl sites for hydroxylation is 1. The summed E-state index contributed by atoms with van der Waals surface area (Å²) in [5, 5.41) is 0.507. The molecule has 2 saturated heterocycles. The van der Waals surface area contributed by atoms with E-state index in [4.69, 9.17) is 11.6 Å². The first-order valence-electron chi connectivity index (χ1n) is 10.0. The van der Waals surface area contributed by atoms with Crippen molar-refractivity contribution < 1.29 is 4.79 Å². The molecule has 2 aliphatic heterocycles. The Bertz CT molecular complexity index is 844. The molecule has 0 saturated carbocycles. The van der Waals surface area contributed by atoms with Gasteiger partial charge < -0.3 is 14.7 Å². The van der Waals surface area contributed by atoms with Gasteiger partial charge in [0.15, 0.2) is 0 Å². The number of hydrogen-bond acceptors (Lipinski definition) is 5. The van der Waals surface area contributed by atoms with Crippen LogP contribution in [0.4, 0.5) is 11.6 Å². The normalized spacial score (nSPS) is 17.7. The Balaban J connectivity index is 1.44. The van der Waals surface area contributed by atoms with Crippen molar-refractivity contribution >= 4 is 29.1 Å². The summed E-state index contributed by atoms with van der Waals surface area (Å²) in [6.07, 6.45) is 3.75. The molecule has 0 radical (unpaired) electrons. The van der Waals surface area contributed by atoms with E-state index < -0.39 is 0 Å². The van der Waals surface area contributed by atoms with E-state index in [2.05, 4.69) is 25.8 Å². The molecule has 0 spiro atoms. The smallest absolute Gasteiger partial charge is 0.255 e. The predicted octanol–water partition coefficient (Wildman–Crippen LogP) is 3.39. The van der Waals surface area contributed by atoms with Gasteiger partial charge in [-0.05, 0) is 38.3 Å². The second-order valence-electron chi connectivity index (χ2n) is 7.44. The molecule has 2 fully saturated rings. The Labute approximate surface area is 171 Å². The van der Waals surface area contributed by atoms with E-state index >= 15 is 0 Å². The lowest BCUT2D eigenvalue weighted by Crippen LogP contribution is -2.49. The minimum Gasteiger partial charge on any atom is -0.356 e. The van der Waals surface area contributed by atoms with Crippen molar-refractivity contribution in [2.45, 2.75) is 26.2 Å². The van der Waals surface area contributed by atoms with Gasteiger partial charge in [-0.25, -0.2) is 9.97 Å². The summed E-state index contributed by atoms with van der Waals surface area (Å²) in [6.45, 7) is 6.91. The zero-order valence-corrected chi connectivity index (χ0v) is 17.0. The fraction of sp³-hybridized carbons (Fsp3) is 0.476. The van der Waals surface area contributed by atoms with Crippen LogP contribution in [0.15, 0.2) is 30.3 Å². The second-order valence-corrected chi connectivity index (χ2v) is 7.85. The van der Waals surface area contributed by atoms with Gasteiger partial charge in [0.1, 0.15) is 17.5 Å². The molecule has 6 nitrogen and oxygen atoms in total. The number of halogens is 1. The number of amides is 1. The van der Waals surface area contributed by atoms with Crippen molar-refractivity contribution in [2.75, 3.05) is 49.1 Å². The zero-order valence-electron chi connectivity index (χ0n) is 16.3. The van der Waals surface area contributed by atoms with Gasteiger partial charge in [0.25, 0.3) is 5.91 Å². The van der Waals surface area contributed by atoms with Crippen molar-refractivity contribution in [3.05, 3.63) is 46.7 Å². The molecule has 148 valence electrons. The fourth-order valence-electron chi connectivity index (χ4n) is 3.93. The third-order valence-corrected chi connectivity index (χ3v) is 5.82. The van der Waals surface area contributed by atoms with Gasteiger partial charge in [0, 0.05) is 45.3 Å². The van der Waals surface area contributed by atoms with Gasteiger partial charge in [0.2, 0.25) is 0 Å². The lowest BCUT2D eigenvalue weighted by Gasteiger charge is -2.36. The molecule has 2 aromatic rings. The molecule has 3 heterocycles. The van der Waals surface area contributed by atoms with Crippen LogP contribution in [0.1, 0.15) is 35.4 Å². The van der Waals surface area contributed by atoms with E-state index in [0.717, 1.165) is 43.6 Å². The topological polar surface area (TPSA) is 52.6 Å². The minimum atomic E-state index is -0.00174. The number of piperazine rings is 1. The largest absolute Gasteiger partial charge is 0.356 e. The van der Waals surface area contributed by atoms with Gasteiger partial charge in [-0.3, -0.25) is 4.79 Å². The third kappa shape index (κ3) is 4.07. The van der Waals surface area contributed by atoms with Crippen LogP contribution in [-0.2, 0) is 0 Å². The van der Waals surface area contributed by atoms with Crippen molar-refractivity contribution in [1.82, 2.24) is 14.9 Å². The molecule has 0 atom stereocenters. The number of benzene rings is 1. The molecule has 2 aliphatic rings. The molecule has 1 amide bonds. The summed E-state index contributed by atoms with van der Waals surface area (Å²) in [6, 6.07) is 9.34. The van der Waals surface area contributed by atoms with Crippen LogP contribution in [0, 0.1) is 6.92 Å². The number of anilines is 2. The Kier molecular flexibility index (Phi) is 5.67. The van der Waals surface area contributed by atoms with Gasteiger partial charge in [-0.1, -0.05) is 23.7 Å². The maximum atomic E-state index is 12.8. The van der Waals surface area contributed by atoms with Crippen molar-refractivity contribution in [3.63, 3.8) is 0 Å². The van der Waals surface area contributed by atoms with E-state index in [1.807, 2.05) is 24.0 Å². The molecule has 0 bridgehead atoms. The summed E-state index contributed by atoms with van der Waals surface area (Å²) >= 11 is 6.19. The van der Waals surface area contributed by atoms with E-state index in [1.165, 1.54) is 19.3 Å². The van der Waals surface area contributed by atoms with Crippen LogP contribution in [0.3, 0.4) is 0 Å². The number of carbonyl (C=O) groups is 1. The molecule has 1 aromatic carbocycles. The SMILES string of the molecule is Cc1nc(N2CCCCC2)cc(N2CCN(C(=O)c3ccccc3Cl)CC2)n1. The number of nitrogens with zero attached hydrogens (tertiary/aromatic N) is 5. The molecule has 4 rings (SSSR count). The quantitative estimate of drug-likeness (QED) is 0.791. The van der Waals surface area contributed by atoms with Crippen LogP contribution in [0.5, 0.6) is 0 Å². The molecule has 0 aliphatic carbocycles. The Hall–Kier alpha value is -2.34. The summed E-state index contributed by atoms with van der Waals surface area (Å²) < 4.78 is 0. The number of piperidine rings is 1. The maximum Gasteiger partial charge on any atom is 0.255 e. The highest BCUT2D eigenvalue weighted by Gasteiger charge is 2.25. The monoisotopic (exact) mass is 399 g/mol. The Morgan fingerprint density at radius 1 is 0.893 bits per heavy atom. The lowest BCUT2D eigenvalue weighted by molar-refractivity contribution is 0.0746. The Morgan fingerprint density at radius 3 is 2.14 bits per heavy atom. The van der Waals surface area contributed by atoms with Crippen LogP contribution in [0.2, 0.25) is 5.02 Å². The highest BCUT2D eigenvalue weighted by molar-refractivity contribution is 6.33. The highest BCUT2D eigenvalue weighted by Crippen LogP contribution is 2.24. The standard InChI is InChI=1S/C21H26ClN5O/c1-16-23-19(25-9-5-2-6-10-25)15-20(24-16)26-11-13-27(14-12-26)21(28)17-7-3-4-8-18(17)22/h3-4,7-8,15H,2,5-6,9-14H2,1H3. The Morgan fingerprint density at radius 2 is 1.50 bits per heavy atom. The molecule has 0 unspecified atom stereocenters. The fourth-order valence-corrected chi connectivity index (χ4v) is 4.14. The lowest BCUT2D eigenvalue weighted by atomic mass is 10.1. The van der Waals surface area contributed by atoms with Gasteiger partial charge in [-0.15, -0.1) is 0 Å². The van der Waals surface area contributed by atoms with Crippen LogP contribution in [-0.4, -0.2) is 60.0 Å². The van der Waals surface area contributed by atoms with Gasteiger partial charge >= 0.3 is 0 Å². The van der Waals surface area contributed by atoms with E-state index in [9.17, 15) is 4.79 Å². The number of aromatic nitrogens is 2. The minimum absolute atomic E-state index is 0.00174. The van der Waals surface area contributed by atoms with Crippen LogP contribution in [0.25, 0.3) is 0 Å². The first kappa shape index (κ1) is 19.0. The predicted molar refractivity (Wildman–Crippen MR) is 112 cm³/mol. The van der Waals surface area contributed by atoms with Crippen molar-refractivity contribution in [1.29, 1.82) is 0 Å². The second kappa shape index (κ2) is 8.35. The number of rotatable bonds is 3. The molecule has 0 N–H and O–H groups in total. The van der Waals surface area contributed by atoms with Crippen molar-refractivity contribution in [3.8, 4) is 0 Å². The molecule has 1 aromatic heterocycles. The first-order valence-corrected chi connectivity index (χ1v) is 10.4. The van der Waals surface area contributed by atoms with Crippen LogP contribution < -0.4 is 9.80 Å². The van der Waals surface area contributed by atoms with E-state index in [-0.39, 0.29) is 5.91 Å². The summed E-state index contributed by atoms with van der Waals surface area (Å²) in [4.78, 5) is 28.6.